The van der Waals surface area contributed by atoms with E-state index < -0.39 is 5.76 Å². The van der Waals surface area contributed by atoms with Crippen molar-refractivity contribution in [3.8, 4) is 0 Å². The molecule has 0 aliphatic carbocycles. The molecule has 0 atom stereocenters. The molecule has 0 saturated carbocycles. The Kier molecular flexibility index (Phi) is 4.69. The molecule has 0 radical (unpaired) electrons. The van der Waals surface area contributed by atoms with Crippen LogP contribution in [0.4, 0.5) is 5.69 Å². The molecule has 2 N–H and O–H groups in total. The Hall–Kier alpha value is -1.79. The number of amides is 1. The van der Waals surface area contributed by atoms with Crippen LogP contribution in [0.3, 0.4) is 0 Å². The van der Waals surface area contributed by atoms with Gasteiger partial charge in [-0.05, 0) is 44.1 Å². The van der Waals surface area contributed by atoms with Gasteiger partial charge in [0.15, 0.2) is 5.58 Å². The number of rotatable bonds is 2. The van der Waals surface area contributed by atoms with E-state index in [0.717, 1.165) is 25.9 Å². The fourth-order valence-electron chi connectivity index (χ4n) is 2.53. The molecule has 1 fully saturated rings. The predicted octanol–water partition coefficient (Wildman–Crippen LogP) is 1.49. The maximum atomic E-state index is 12.2. The SMILES string of the molecule is Cl.Cn1c(=O)oc2ccc(NC(=O)C3CCNCC3)cc21. The number of aromatic nitrogens is 1. The van der Waals surface area contributed by atoms with Crippen LogP contribution in [-0.2, 0) is 11.8 Å². The van der Waals surface area contributed by atoms with E-state index in [-0.39, 0.29) is 24.2 Å². The zero-order valence-electron chi connectivity index (χ0n) is 11.7. The lowest BCUT2D eigenvalue weighted by atomic mass is 9.97. The molecule has 3 rings (SSSR count). The minimum atomic E-state index is -0.401. The van der Waals surface area contributed by atoms with Gasteiger partial charge in [-0.3, -0.25) is 9.36 Å². The van der Waals surface area contributed by atoms with Crippen LogP contribution < -0.4 is 16.4 Å². The highest BCUT2D eigenvalue weighted by atomic mass is 35.5. The first-order chi connectivity index (χ1) is 9.65. The van der Waals surface area contributed by atoms with E-state index in [1.807, 2.05) is 0 Å². The van der Waals surface area contributed by atoms with Crippen LogP contribution in [0, 0.1) is 5.92 Å². The van der Waals surface area contributed by atoms with Gasteiger partial charge in [-0.2, -0.15) is 0 Å². The Labute approximate surface area is 127 Å². The Balaban J connectivity index is 0.00000161. The van der Waals surface area contributed by atoms with Gasteiger partial charge < -0.3 is 15.1 Å². The number of nitrogens with zero attached hydrogens (tertiary/aromatic N) is 1. The van der Waals surface area contributed by atoms with Crippen molar-refractivity contribution in [2.75, 3.05) is 18.4 Å². The van der Waals surface area contributed by atoms with Gasteiger partial charge in [-0.1, -0.05) is 0 Å². The van der Waals surface area contributed by atoms with Crippen molar-refractivity contribution in [3.05, 3.63) is 28.7 Å². The predicted molar refractivity (Wildman–Crippen MR) is 82.9 cm³/mol. The van der Waals surface area contributed by atoms with E-state index in [2.05, 4.69) is 10.6 Å². The first kappa shape index (κ1) is 15.6. The third-order valence-electron chi connectivity index (χ3n) is 3.77. The Morgan fingerprint density at radius 2 is 2.10 bits per heavy atom. The highest BCUT2D eigenvalue weighted by Gasteiger charge is 2.21. The molecule has 21 heavy (non-hydrogen) atoms. The van der Waals surface area contributed by atoms with Crippen LogP contribution in [-0.4, -0.2) is 23.6 Å². The van der Waals surface area contributed by atoms with Crippen molar-refractivity contribution >= 4 is 35.1 Å². The average Bonchev–Trinajstić information content (AvgIpc) is 2.75. The number of anilines is 1. The van der Waals surface area contributed by atoms with Gasteiger partial charge in [-0.25, -0.2) is 4.79 Å². The number of oxazole rings is 1. The van der Waals surface area contributed by atoms with Crippen LogP contribution in [0.5, 0.6) is 0 Å². The maximum Gasteiger partial charge on any atom is 0.419 e. The zero-order chi connectivity index (χ0) is 14.1. The first-order valence-corrected chi connectivity index (χ1v) is 6.76. The van der Waals surface area contributed by atoms with E-state index in [1.54, 1.807) is 25.2 Å². The number of aryl methyl sites for hydroxylation is 1. The van der Waals surface area contributed by atoms with Crippen molar-refractivity contribution in [2.24, 2.45) is 13.0 Å². The molecule has 6 nitrogen and oxygen atoms in total. The van der Waals surface area contributed by atoms with E-state index in [0.29, 0.717) is 16.8 Å². The third-order valence-corrected chi connectivity index (χ3v) is 3.77. The topological polar surface area (TPSA) is 76.3 Å². The van der Waals surface area contributed by atoms with Crippen LogP contribution in [0.15, 0.2) is 27.4 Å². The highest BCUT2D eigenvalue weighted by Crippen LogP contribution is 2.20. The highest BCUT2D eigenvalue weighted by molar-refractivity contribution is 5.94. The number of halogens is 1. The molecule has 0 unspecified atom stereocenters. The van der Waals surface area contributed by atoms with Gasteiger partial charge in [0.2, 0.25) is 5.91 Å². The molecule has 0 spiro atoms. The normalized spacial score (nSPS) is 15.7. The molecule has 1 aromatic carbocycles. The summed E-state index contributed by atoms with van der Waals surface area (Å²) in [4.78, 5) is 23.6. The van der Waals surface area contributed by atoms with Gasteiger partial charge in [0, 0.05) is 18.7 Å². The Morgan fingerprint density at radius 3 is 2.81 bits per heavy atom. The van der Waals surface area contributed by atoms with Crippen molar-refractivity contribution < 1.29 is 9.21 Å². The van der Waals surface area contributed by atoms with E-state index in [9.17, 15) is 9.59 Å². The lowest BCUT2D eigenvalue weighted by molar-refractivity contribution is -0.120. The number of nitrogens with one attached hydrogen (secondary N) is 2. The number of benzene rings is 1. The summed E-state index contributed by atoms with van der Waals surface area (Å²) in [6.45, 7) is 1.76. The summed E-state index contributed by atoms with van der Waals surface area (Å²) in [5.74, 6) is -0.304. The van der Waals surface area contributed by atoms with Gasteiger partial charge in [0.05, 0.1) is 5.52 Å². The van der Waals surface area contributed by atoms with Crippen molar-refractivity contribution in [1.29, 1.82) is 0 Å². The molecule has 1 aromatic heterocycles. The maximum absolute atomic E-state index is 12.2. The molecule has 1 saturated heterocycles. The minimum Gasteiger partial charge on any atom is -0.408 e. The molecule has 114 valence electrons. The summed E-state index contributed by atoms with van der Waals surface area (Å²) < 4.78 is 6.49. The van der Waals surface area contributed by atoms with E-state index >= 15 is 0 Å². The van der Waals surface area contributed by atoms with Gasteiger partial charge in [0.25, 0.3) is 0 Å². The standard InChI is InChI=1S/C14H17N3O3.ClH/c1-17-11-8-10(2-3-12(11)20-14(17)19)16-13(18)9-4-6-15-7-5-9;/h2-3,8-9,15H,4-7H2,1H3,(H,16,18);1H. The second-order valence-corrected chi connectivity index (χ2v) is 5.12. The summed E-state index contributed by atoms with van der Waals surface area (Å²) in [5.41, 5.74) is 1.90. The summed E-state index contributed by atoms with van der Waals surface area (Å²) >= 11 is 0. The van der Waals surface area contributed by atoms with Crippen LogP contribution in [0.1, 0.15) is 12.8 Å². The molecule has 2 aromatic rings. The number of carbonyl (C=O) groups is 1. The molecule has 1 amide bonds. The molecule has 1 aliphatic heterocycles. The van der Waals surface area contributed by atoms with Crippen LogP contribution in [0.2, 0.25) is 0 Å². The molecular formula is C14H18ClN3O3. The zero-order valence-corrected chi connectivity index (χ0v) is 12.5. The van der Waals surface area contributed by atoms with Crippen LogP contribution in [0.25, 0.3) is 11.1 Å². The largest absolute Gasteiger partial charge is 0.419 e. The number of hydrogen-bond donors (Lipinski definition) is 2. The number of fused-ring (bicyclic) bond motifs is 1. The van der Waals surface area contributed by atoms with E-state index in [4.69, 9.17) is 4.42 Å². The van der Waals surface area contributed by atoms with E-state index in [1.165, 1.54) is 4.57 Å². The summed E-state index contributed by atoms with van der Waals surface area (Å²) in [6, 6.07) is 5.22. The van der Waals surface area contributed by atoms with Gasteiger partial charge in [-0.15, -0.1) is 12.4 Å². The second kappa shape index (κ2) is 6.32. The Bertz CT molecular complexity index is 701. The lowest BCUT2D eigenvalue weighted by Crippen LogP contribution is -2.34. The Morgan fingerprint density at radius 1 is 1.38 bits per heavy atom. The number of piperidine rings is 1. The quantitative estimate of drug-likeness (QED) is 0.881. The number of carbonyl (C=O) groups excluding carboxylic acids is 1. The lowest BCUT2D eigenvalue weighted by Gasteiger charge is -2.21. The molecule has 2 heterocycles. The number of hydrogen-bond acceptors (Lipinski definition) is 4. The fourth-order valence-corrected chi connectivity index (χ4v) is 2.53. The minimum absolute atomic E-state index is 0. The van der Waals surface area contributed by atoms with Crippen molar-refractivity contribution in [2.45, 2.75) is 12.8 Å². The average molecular weight is 312 g/mol. The summed E-state index contributed by atoms with van der Waals surface area (Å²) in [6.07, 6.45) is 1.72. The van der Waals surface area contributed by atoms with Crippen molar-refractivity contribution in [3.63, 3.8) is 0 Å². The van der Waals surface area contributed by atoms with Gasteiger partial charge >= 0.3 is 5.76 Å². The molecule has 7 heteroatoms. The van der Waals surface area contributed by atoms with Gasteiger partial charge in [0.1, 0.15) is 0 Å². The monoisotopic (exact) mass is 311 g/mol. The molecule has 1 aliphatic rings. The van der Waals surface area contributed by atoms with Crippen LogP contribution >= 0.6 is 12.4 Å². The second-order valence-electron chi connectivity index (χ2n) is 5.12. The third kappa shape index (κ3) is 3.11. The first-order valence-electron chi connectivity index (χ1n) is 6.76. The summed E-state index contributed by atoms with van der Waals surface area (Å²) in [7, 11) is 1.65. The molecule has 0 bridgehead atoms. The van der Waals surface area contributed by atoms with Crippen molar-refractivity contribution in [1.82, 2.24) is 9.88 Å². The fraction of sp³-hybridized carbons (Fsp3) is 0.429. The smallest absolute Gasteiger partial charge is 0.408 e. The summed E-state index contributed by atoms with van der Waals surface area (Å²) in [5, 5.41) is 6.15. The molecular weight excluding hydrogens is 294 g/mol.